The number of carbonyl (C=O) groups excluding carboxylic acids is 1. The van der Waals surface area contributed by atoms with Gasteiger partial charge in [-0.3, -0.25) is 10.1 Å². The second-order valence-corrected chi connectivity index (χ2v) is 5.95. The van der Waals surface area contributed by atoms with E-state index in [0.717, 1.165) is 11.1 Å². The van der Waals surface area contributed by atoms with Gasteiger partial charge in [0.15, 0.2) is 5.16 Å². The van der Waals surface area contributed by atoms with Gasteiger partial charge in [-0.2, -0.15) is 0 Å². The predicted molar refractivity (Wildman–Crippen MR) is 95.6 cm³/mol. The van der Waals surface area contributed by atoms with Crippen molar-refractivity contribution in [1.82, 2.24) is 9.97 Å². The van der Waals surface area contributed by atoms with E-state index in [1.807, 2.05) is 6.92 Å². The lowest BCUT2D eigenvalue weighted by Crippen LogP contribution is -2.11. The van der Waals surface area contributed by atoms with Crippen LogP contribution in [0.1, 0.15) is 28.4 Å². The summed E-state index contributed by atoms with van der Waals surface area (Å²) in [6, 6.07) is 3.14. The molecule has 0 amide bonds. The van der Waals surface area contributed by atoms with Gasteiger partial charge < -0.3 is 10.1 Å². The van der Waals surface area contributed by atoms with Gasteiger partial charge in [0.1, 0.15) is 17.1 Å². The number of nitrogens with one attached hydrogen (secondary N) is 1. The van der Waals surface area contributed by atoms with E-state index in [2.05, 4.69) is 15.3 Å². The van der Waals surface area contributed by atoms with Gasteiger partial charge >= 0.3 is 5.97 Å². The number of esters is 1. The summed E-state index contributed by atoms with van der Waals surface area (Å²) in [6.07, 6.45) is 3.15. The summed E-state index contributed by atoms with van der Waals surface area (Å²) in [4.78, 5) is 31.3. The molecule has 0 aliphatic heterocycles. The second-order valence-electron chi connectivity index (χ2n) is 5.18. The number of benzene rings is 1. The Balaban J connectivity index is 2.54. The molecule has 0 aliphatic rings. The van der Waals surface area contributed by atoms with Crippen LogP contribution in [-0.4, -0.2) is 33.7 Å². The molecule has 0 saturated carbocycles. The minimum atomic E-state index is -0.593. The average molecular weight is 362 g/mol. The molecular weight excluding hydrogens is 344 g/mol. The van der Waals surface area contributed by atoms with Crippen LogP contribution in [0.25, 0.3) is 0 Å². The molecule has 0 spiro atoms. The van der Waals surface area contributed by atoms with Crippen molar-refractivity contribution >= 4 is 34.9 Å². The number of nitro benzene ring substituents is 1. The molecule has 0 unspecified atom stereocenters. The molecule has 25 heavy (non-hydrogen) atoms. The lowest BCUT2D eigenvalue weighted by molar-refractivity contribution is -0.384. The van der Waals surface area contributed by atoms with Crippen molar-refractivity contribution in [2.75, 3.05) is 18.2 Å². The number of ether oxygens (including phenoxy) is 1. The molecule has 9 heteroatoms. The van der Waals surface area contributed by atoms with Crippen molar-refractivity contribution in [2.24, 2.45) is 0 Å². The Hall–Kier alpha value is -2.68. The Kier molecular flexibility index (Phi) is 5.92. The van der Waals surface area contributed by atoms with E-state index in [9.17, 15) is 14.9 Å². The van der Waals surface area contributed by atoms with Gasteiger partial charge in [-0.05, 0) is 44.2 Å². The van der Waals surface area contributed by atoms with Crippen molar-refractivity contribution in [3.63, 3.8) is 0 Å². The van der Waals surface area contributed by atoms with E-state index >= 15 is 0 Å². The van der Waals surface area contributed by atoms with Crippen LogP contribution < -0.4 is 5.32 Å². The third-order valence-corrected chi connectivity index (χ3v) is 4.07. The van der Waals surface area contributed by atoms with Crippen LogP contribution in [0.4, 0.5) is 17.2 Å². The van der Waals surface area contributed by atoms with E-state index in [0.29, 0.717) is 5.16 Å². The van der Waals surface area contributed by atoms with Gasteiger partial charge in [0.25, 0.3) is 5.69 Å². The summed E-state index contributed by atoms with van der Waals surface area (Å²) >= 11 is 1.30. The minimum absolute atomic E-state index is 0.0952. The summed E-state index contributed by atoms with van der Waals surface area (Å²) in [7, 11) is 0. The van der Waals surface area contributed by atoms with Gasteiger partial charge in [-0.1, -0.05) is 11.8 Å². The molecule has 1 aromatic heterocycles. The highest BCUT2D eigenvalue weighted by molar-refractivity contribution is 7.98. The number of aryl methyl sites for hydroxylation is 2. The Morgan fingerprint density at radius 2 is 2.04 bits per heavy atom. The molecule has 2 aromatic rings. The van der Waals surface area contributed by atoms with Crippen LogP contribution in [0.15, 0.2) is 23.5 Å². The maximum Gasteiger partial charge on any atom is 0.343 e. The van der Waals surface area contributed by atoms with Crippen LogP contribution in [0, 0.1) is 24.0 Å². The summed E-state index contributed by atoms with van der Waals surface area (Å²) in [5.41, 5.74) is 1.96. The van der Waals surface area contributed by atoms with E-state index in [-0.39, 0.29) is 29.4 Å². The molecule has 1 heterocycles. The molecule has 0 saturated heterocycles. The number of thioether (sulfide) groups is 1. The molecule has 1 N–H and O–H groups in total. The van der Waals surface area contributed by atoms with Crippen molar-refractivity contribution in [3.05, 3.63) is 45.1 Å². The van der Waals surface area contributed by atoms with Crippen molar-refractivity contribution < 1.29 is 14.5 Å². The Morgan fingerprint density at radius 1 is 1.36 bits per heavy atom. The number of anilines is 2. The minimum Gasteiger partial charge on any atom is -0.462 e. The zero-order valence-corrected chi connectivity index (χ0v) is 15.1. The lowest BCUT2D eigenvalue weighted by Gasteiger charge is -2.12. The first-order valence-electron chi connectivity index (χ1n) is 7.48. The molecule has 0 bridgehead atoms. The van der Waals surface area contributed by atoms with Gasteiger partial charge in [-0.25, -0.2) is 14.8 Å². The average Bonchev–Trinajstić information content (AvgIpc) is 2.57. The molecule has 2 rings (SSSR count). The molecule has 0 radical (unpaired) electrons. The fourth-order valence-corrected chi connectivity index (χ4v) is 2.44. The highest BCUT2D eigenvalue weighted by Gasteiger charge is 2.21. The second kappa shape index (κ2) is 7.93. The first kappa shape index (κ1) is 18.7. The van der Waals surface area contributed by atoms with Gasteiger partial charge in [0, 0.05) is 12.3 Å². The molecule has 132 valence electrons. The topological polar surface area (TPSA) is 107 Å². The van der Waals surface area contributed by atoms with Gasteiger partial charge in [0.2, 0.25) is 0 Å². The van der Waals surface area contributed by atoms with Crippen LogP contribution in [-0.2, 0) is 4.74 Å². The SMILES string of the molecule is CCOC(=O)c1cnc(SC)nc1Nc1cc(C)c(C)cc1[N+](=O)[O-]. The number of carbonyl (C=O) groups is 1. The van der Waals surface area contributed by atoms with Crippen LogP contribution in [0.3, 0.4) is 0 Å². The quantitative estimate of drug-likeness (QED) is 0.273. The Labute approximate surface area is 149 Å². The highest BCUT2D eigenvalue weighted by Crippen LogP contribution is 2.31. The Bertz CT molecular complexity index is 826. The predicted octanol–water partition coefficient (Wildman–Crippen LogP) is 3.64. The molecular formula is C16H18N4O4S. The standard InChI is InChI=1S/C16H18N4O4S/c1-5-24-15(21)11-8-17-16(25-4)19-14(11)18-12-6-9(2)10(3)7-13(12)20(22)23/h6-8H,5H2,1-4H3,(H,17,18,19). The van der Waals surface area contributed by atoms with Crippen LogP contribution >= 0.6 is 11.8 Å². The number of nitro groups is 1. The zero-order valence-electron chi connectivity index (χ0n) is 14.3. The van der Waals surface area contributed by atoms with Crippen molar-refractivity contribution in [3.8, 4) is 0 Å². The largest absolute Gasteiger partial charge is 0.462 e. The normalized spacial score (nSPS) is 10.4. The first-order chi connectivity index (χ1) is 11.9. The Morgan fingerprint density at radius 3 is 2.64 bits per heavy atom. The number of nitrogens with zero attached hydrogens (tertiary/aromatic N) is 3. The number of aromatic nitrogens is 2. The van der Waals surface area contributed by atoms with Crippen molar-refractivity contribution in [1.29, 1.82) is 0 Å². The van der Waals surface area contributed by atoms with Crippen LogP contribution in [0.2, 0.25) is 0 Å². The molecule has 0 atom stereocenters. The third-order valence-electron chi connectivity index (χ3n) is 3.51. The van der Waals surface area contributed by atoms with E-state index in [1.54, 1.807) is 26.2 Å². The maximum absolute atomic E-state index is 12.1. The summed E-state index contributed by atoms with van der Waals surface area (Å²) in [6.45, 7) is 5.54. The third kappa shape index (κ3) is 4.24. The lowest BCUT2D eigenvalue weighted by atomic mass is 10.1. The number of rotatable bonds is 6. The summed E-state index contributed by atoms with van der Waals surface area (Å²) in [5.74, 6) is -0.423. The molecule has 1 aromatic carbocycles. The molecule has 0 aliphatic carbocycles. The van der Waals surface area contributed by atoms with E-state index in [1.165, 1.54) is 24.0 Å². The van der Waals surface area contributed by atoms with Gasteiger partial charge in [-0.15, -0.1) is 0 Å². The fraction of sp³-hybridized carbons (Fsp3) is 0.312. The molecule has 8 nitrogen and oxygen atoms in total. The smallest absolute Gasteiger partial charge is 0.343 e. The van der Waals surface area contributed by atoms with E-state index in [4.69, 9.17) is 4.74 Å². The zero-order chi connectivity index (χ0) is 18.6. The maximum atomic E-state index is 12.1. The van der Waals surface area contributed by atoms with Crippen molar-refractivity contribution in [2.45, 2.75) is 25.9 Å². The number of hydrogen-bond acceptors (Lipinski definition) is 8. The van der Waals surface area contributed by atoms with E-state index < -0.39 is 10.9 Å². The van der Waals surface area contributed by atoms with Gasteiger partial charge in [0.05, 0.1) is 11.5 Å². The monoisotopic (exact) mass is 362 g/mol. The summed E-state index contributed by atoms with van der Waals surface area (Å²) in [5, 5.41) is 14.7. The fourth-order valence-electron chi connectivity index (χ4n) is 2.10. The van der Waals surface area contributed by atoms with Crippen LogP contribution in [0.5, 0.6) is 0 Å². The number of hydrogen-bond donors (Lipinski definition) is 1. The first-order valence-corrected chi connectivity index (χ1v) is 8.70. The summed E-state index contributed by atoms with van der Waals surface area (Å²) < 4.78 is 5.00. The highest BCUT2D eigenvalue weighted by atomic mass is 32.2. The molecule has 0 fully saturated rings.